The molecule has 0 unspecified atom stereocenters. The Morgan fingerprint density at radius 1 is 0.786 bits per heavy atom. The van der Waals surface area contributed by atoms with Gasteiger partial charge < -0.3 is 30.7 Å². The molecule has 0 bridgehead atoms. The number of nitrogens with one attached hydrogen (secondary N) is 4. The van der Waals surface area contributed by atoms with E-state index in [4.69, 9.17) is 9.47 Å². The number of morpholine rings is 1. The lowest BCUT2D eigenvalue weighted by Gasteiger charge is -2.25. The molecule has 312 valence electrons. The number of hydrogen-bond acceptors (Lipinski definition) is 8. The number of ketones is 1. The Kier molecular flexibility index (Phi) is 20.2. The quantitative estimate of drug-likeness (QED) is 0.184. The molecule has 2 aliphatic rings. The number of aryl methyl sites for hydroxylation is 2. The van der Waals surface area contributed by atoms with Gasteiger partial charge in [0.25, 0.3) is 0 Å². The molecular formula is C41H60F3N5O7. The average Bonchev–Trinajstić information content (AvgIpc) is 3.91. The predicted octanol–water partition coefficient (Wildman–Crippen LogP) is 4.23. The monoisotopic (exact) mass is 791 g/mol. The third-order valence-electron chi connectivity index (χ3n) is 8.79. The van der Waals surface area contributed by atoms with Crippen LogP contribution in [0.3, 0.4) is 0 Å². The Hall–Kier alpha value is -4.34. The number of carbonyl (C=O) groups is 5. The molecule has 2 heterocycles. The molecule has 0 spiro atoms. The maximum atomic E-state index is 12.8. The van der Waals surface area contributed by atoms with Crippen molar-refractivity contribution in [2.75, 3.05) is 52.5 Å². The van der Waals surface area contributed by atoms with Gasteiger partial charge in [0.15, 0.2) is 5.78 Å². The molecule has 56 heavy (non-hydrogen) atoms. The molecule has 2 aromatic rings. The van der Waals surface area contributed by atoms with Crippen LogP contribution in [0.25, 0.3) is 0 Å². The van der Waals surface area contributed by atoms with Crippen LogP contribution in [0.2, 0.25) is 0 Å². The van der Waals surface area contributed by atoms with Crippen LogP contribution >= 0.6 is 0 Å². The zero-order chi connectivity index (χ0) is 41.9. The number of Topliss-reactive ketones (excluding diaryl/α,β-unsaturated/α-hetero) is 1. The molecule has 15 heteroatoms. The molecule has 0 aliphatic carbocycles. The van der Waals surface area contributed by atoms with Crippen LogP contribution in [-0.2, 0) is 46.0 Å². The lowest BCUT2D eigenvalue weighted by molar-refractivity contribution is -0.137. The van der Waals surface area contributed by atoms with Crippen LogP contribution in [0.15, 0.2) is 54.6 Å². The van der Waals surface area contributed by atoms with Gasteiger partial charge in [0.2, 0.25) is 23.6 Å². The van der Waals surface area contributed by atoms with E-state index in [0.29, 0.717) is 45.8 Å². The molecule has 2 saturated heterocycles. The number of epoxide rings is 1. The summed E-state index contributed by atoms with van der Waals surface area (Å²) in [5.74, 6) is -1.71. The smallest absolute Gasteiger partial charge is 0.379 e. The predicted molar refractivity (Wildman–Crippen MR) is 207 cm³/mol. The third-order valence-corrected chi connectivity index (χ3v) is 8.79. The second kappa shape index (κ2) is 23.7. The first-order chi connectivity index (χ1) is 26.3. The topological polar surface area (TPSA) is 158 Å². The van der Waals surface area contributed by atoms with E-state index in [1.807, 2.05) is 38.7 Å². The summed E-state index contributed by atoms with van der Waals surface area (Å²) in [5.41, 5.74) is 0.786. The summed E-state index contributed by atoms with van der Waals surface area (Å²) in [6.45, 7) is 15.7. The minimum absolute atomic E-state index is 0.0908. The van der Waals surface area contributed by atoms with E-state index in [2.05, 4.69) is 52.5 Å². The second-order valence-corrected chi connectivity index (χ2v) is 15.0. The maximum Gasteiger partial charge on any atom is 0.416 e. The van der Waals surface area contributed by atoms with Gasteiger partial charge in [-0.3, -0.25) is 28.9 Å². The molecule has 4 amide bonds. The van der Waals surface area contributed by atoms with Crippen molar-refractivity contribution in [3.05, 3.63) is 71.3 Å². The van der Waals surface area contributed by atoms with E-state index < -0.39 is 47.1 Å². The van der Waals surface area contributed by atoms with Crippen LogP contribution in [-0.4, -0.2) is 105 Å². The zero-order valence-electron chi connectivity index (χ0n) is 33.7. The average molecular weight is 792 g/mol. The van der Waals surface area contributed by atoms with Crippen molar-refractivity contribution in [3.8, 4) is 0 Å². The highest BCUT2D eigenvalue weighted by Crippen LogP contribution is 2.30. The van der Waals surface area contributed by atoms with Crippen LogP contribution in [0.5, 0.6) is 0 Å². The van der Waals surface area contributed by atoms with Gasteiger partial charge in [-0.05, 0) is 62.6 Å². The van der Waals surface area contributed by atoms with E-state index in [1.165, 1.54) is 17.7 Å². The van der Waals surface area contributed by atoms with Crippen LogP contribution < -0.4 is 21.3 Å². The van der Waals surface area contributed by atoms with Crippen molar-refractivity contribution in [1.82, 2.24) is 26.2 Å². The number of ether oxygens (including phenoxy) is 2. The van der Waals surface area contributed by atoms with Crippen molar-refractivity contribution in [2.45, 2.75) is 91.6 Å². The number of alkyl halides is 3. The highest BCUT2D eigenvalue weighted by atomic mass is 19.4. The number of amides is 4. The molecule has 4 rings (SSSR count). The number of rotatable bonds is 16. The summed E-state index contributed by atoms with van der Waals surface area (Å²) in [4.78, 5) is 64.5. The molecule has 2 aromatic carbocycles. The van der Waals surface area contributed by atoms with Crippen molar-refractivity contribution >= 4 is 29.4 Å². The number of halogens is 3. The van der Waals surface area contributed by atoms with Crippen molar-refractivity contribution < 1.29 is 46.6 Å². The summed E-state index contributed by atoms with van der Waals surface area (Å²) < 4.78 is 46.2. The van der Waals surface area contributed by atoms with Crippen molar-refractivity contribution in [2.24, 2.45) is 11.8 Å². The van der Waals surface area contributed by atoms with E-state index >= 15 is 0 Å². The fourth-order valence-corrected chi connectivity index (χ4v) is 5.46. The van der Waals surface area contributed by atoms with Gasteiger partial charge in [-0.15, -0.1) is 0 Å². The molecule has 2 aliphatic heterocycles. The Labute approximate surface area is 329 Å². The first-order valence-corrected chi connectivity index (χ1v) is 19.1. The van der Waals surface area contributed by atoms with Crippen molar-refractivity contribution in [3.63, 3.8) is 0 Å². The van der Waals surface area contributed by atoms with Gasteiger partial charge in [0.1, 0.15) is 11.6 Å². The first kappa shape index (κ1) is 47.8. The SMILES string of the molecule is CC(C)C[C@H](NC(=O)CNC(=O)CN1CCOCC1)C(=O)NCC(=O)N[C@@H](CC(C)C)C(=O)[C@@]1(C)CO1.CCc1ccccc1.Cc1ccc(C(F)(F)F)cc1. The summed E-state index contributed by atoms with van der Waals surface area (Å²) in [6, 6.07) is 13.9. The maximum absolute atomic E-state index is 12.8. The Morgan fingerprint density at radius 2 is 1.30 bits per heavy atom. The number of nitrogens with zero attached hydrogens (tertiary/aromatic N) is 1. The van der Waals surface area contributed by atoms with Gasteiger partial charge in [0.05, 0.1) is 51.1 Å². The van der Waals surface area contributed by atoms with E-state index in [1.54, 1.807) is 13.8 Å². The summed E-state index contributed by atoms with van der Waals surface area (Å²) in [6.07, 6.45) is -2.26. The first-order valence-electron chi connectivity index (χ1n) is 19.1. The molecule has 12 nitrogen and oxygen atoms in total. The largest absolute Gasteiger partial charge is 0.416 e. The summed E-state index contributed by atoms with van der Waals surface area (Å²) >= 11 is 0. The van der Waals surface area contributed by atoms with Crippen LogP contribution in [0.4, 0.5) is 13.2 Å². The van der Waals surface area contributed by atoms with Crippen LogP contribution in [0, 0.1) is 18.8 Å². The Balaban J connectivity index is 0.000000458. The van der Waals surface area contributed by atoms with Gasteiger partial charge >= 0.3 is 6.18 Å². The molecule has 0 aromatic heterocycles. The molecule has 2 fully saturated rings. The third kappa shape index (κ3) is 19.0. The Bertz CT molecular complexity index is 1530. The van der Waals surface area contributed by atoms with E-state index in [-0.39, 0.29) is 43.2 Å². The lowest BCUT2D eigenvalue weighted by atomic mass is 9.93. The number of hydrogen-bond donors (Lipinski definition) is 4. The van der Waals surface area contributed by atoms with E-state index in [0.717, 1.165) is 24.1 Å². The summed E-state index contributed by atoms with van der Waals surface area (Å²) in [5, 5.41) is 10.5. The van der Waals surface area contributed by atoms with E-state index in [9.17, 15) is 37.1 Å². The van der Waals surface area contributed by atoms with Crippen molar-refractivity contribution in [1.29, 1.82) is 0 Å². The van der Waals surface area contributed by atoms with Crippen LogP contribution in [0.1, 0.15) is 71.1 Å². The number of carbonyl (C=O) groups excluding carboxylic acids is 5. The fraction of sp³-hybridized carbons (Fsp3) is 0.585. The van der Waals surface area contributed by atoms with Gasteiger partial charge in [-0.2, -0.15) is 13.2 Å². The van der Waals surface area contributed by atoms with Gasteiger partial charge in [0, 0.05) is 13.1 Å². The molecule has 0 radical (unpaired) electrons. The second-order valence-electron chi connectivity index (χ2n) is 15.0. The minimum Gasteiger partial charge on any atom is -0.379 e. The van der Waals surface area contributed by atoms with Gasteiger partial charge in [-0.25, -0.2) is 0 Å². The lowest BCUT2D eigenvalue weighted by Crippen LogP contribution is -2.53. The normalized spacial score (nSPS) is 17.6. The molecule has 3 atom stereocenters. The van der Waals surface area contributed by atoms with Gasteiger partial charge in [-0.1, -0.05) is 82.6 Å². The highest BCUT2D eigenvalue weighted by Gasteiger charge is 2.50. The Morgan fingerprint density at radius 3 is 1.79 bits per heavy atom. The number of benzene rings is 2. The fourth-order valence-electron chi connectivity index (χ4n) is 5.46. The minimum atomic E-state index is -4.21. The zero-order valence-corrected chi connectivity index (χ0v) is 33.7. The molecule has 4 N–H and O–H groups in total. The highest BCUT2D eigenvalue weighted by molar-refractivity contribution is 5.97. The standard InChI is InChI=1S/C25H43N5O7.C8H7F3.C8H10/c1-16(2)10-18(23(34)25(5)15-37-25)28-21(32)13-27-24(35)19(11-17(3)4)29-20(31)12-26-22(33)14-30-6-8-36-9-7-30;1-6-2-4-7(5-3-6)8(9,10)11;1-2-8-6-4-3-5-7-8/h16-19H,6-15H2,1-5H3,(H,26,33)(H,27,35)(H,28,32)(H,29,31);2-5H,1H3;3-7H,2H2,1H3/t18-,19-,25+;;/m0../s1. The molecule has 0 saturated carbocycles. The summed E-state index contributed by atoms with van der Waals surface area (Å²) in [7, 11) is 0. The molecular weight excluding hydrogens is 731 g/mol.